The Morgan fingerprint density at radius 3 is 2.56 bits per heavy atom. The summed E-state index contributed by atoms with van der Waals surface area (Å²) in [4.78, 5) is 0. The summed E-state index contributed by atoms with van der Waals surface area (Å²) in [6.45, 7) is 2.42. The molecule has 0 fully saturated rings. The summed E-state index contributed by atoms with van der Waals surface area (Å²) >= 11 is 0. The monoisotopic (exact) mass is 221 g/mol. The summed E-state index contributed by atoms with van der Waals surface area (Å²) in [5.41, 5.74) is 7.47. The van der Waals surface area contributed by atoms with Gasteiger partial charge < -0.3 is 5.73 Å². The Morgan fingerprint density at radius 1 is 1.31 bits per heavy atom. The zero-order chi connectivity index (χ0) is 11.5. The van der Waals surface area contributed by atoms with Gasteiger partial charge >= 0.3 is 16.6 Å². The number of rotatable bonds is 3. The molecule has 0 unspecified atom stereocenters. The molecular formula is C11H15N3O2+2. The molecule has 0 radical (unpaired) electrons. The van der Waals surface area contributed by atoms with Crippen LogP contribution in [0.2, 0.25) is 0 Å². The van der Waals surface area contributed by atoms with Crippen molar-refractivity contribution in [1.82, 2.24) is 0 Å². The predicted molar refractivity (Wildman–Crippen MR) is 55.6 cm³/mol. The Morgan fingerprint density at radius 2 is 2.00 bits per heavy atom. The maximum absolute atomic E-state index is 9.42. The Kier molecular flexibility index (Phi) is 2.76. The minimum absolute atomic E-state index is 0.232. The molecule has 3 N–H and O–H groups in total. The van der Waals surface area contributed by atoms with Crippen molar-refractivity contribution in [2.24, 2.45) is 0 Å². The molecule has 0 aliphatic carbocycles. The van der Waals surface area contributed by atoms with Crippen LogP contribution in [0, 0.1) is 6.92 Å². The van der Waals surface area contributed by atoms with Crippen molar-refractivity contribution in [1.29, 1.82) is 0 Å². The van der Waals surface area contributed by atoms with Crippen molar-refractivity contribution in [3.63, 3.8) is 0 Å². The standard InChI is InChI=1S/C11H15N3O2/c1-9-11(12)16-14(15)13(9)8-7-10-5-3-2-4-6-10/h2-6,15H,7-8,12H2,1H3/q+2. The number of nitrogen functional groups attached to an aromatic ring is 1. The minimum atomic E-state index is 0.232. The third-order valence-electron chi connectivity index (χ3n) is 2.59. The van der Waals surface area contributed by atoms with E-state index < -0.39 is 0 Å². The van der Waals surface area contributed by atoms with Gasteiger partial charge in [-0.25, -0.2) is 0 Å². The van der Waals surface area contributed by atoms with Crippen molar-refractivity contribution in [3.05, 3.63) is 41.6 Å². The molecule has 0 saturated carbocycles. The number of nitrogens with zero attached hydrogens (tertiary/aromatic N) is 2. The lowest BCUT2D eigenvalue weighted by Crippen LogP contribution is -2.64. The van der Waals surface area contributed by atoms with Crippen LogP contribution in [0.25, 0.3) is 0 Å². The molecule has 0 atom stereocenters. The van der Waals surface area contributed by atoms with Gasteiger partial charge in [0.25, 0.3) is 0 Å². The van der Waals surface area contributed by atoms with E-state index in [4.69, 9.17) is 10.3 Å². The number of aryl methyl sites for hydroxylation is 1. The van der Waals surface area contributed by atoms with Crippen LogP contribution in [0.15, 0.2) is 34.9 Å². The fraction of sp³-hybridized carbons (Fsp3) is 0.273. The number of aromatic nitrogens is 2. The summed E-state index contributed by atoms with van der Waals surface area (Å²) in [6, 6.07) is 10.0. The van der Waals surface area contributed by atoms with Gasteiger partial charge in [-0.2, -0.15) is 5.21 Å². The first-order valence-corrected chi connectivity index (χ1v) is 5.13. The second kappa shape index (κ2) is 4.22. The lowest BCUT2D eigenvalue weighted by atomic mass is 10.1. The van der Waals surface area contributed by atoms with Gasteiger partial charge in [-0.15, -0.1) is 4.52 Å². The van der Waals surface area contributed by atoms with E-state index in [0.717, 1.165) is 12.1 Å². The summed E-state index contributed by atoms with van der Waals surface area (Å²) in [6.07, 6.45) is 0.811. The molecule has 84 valence electrons. The zero-order valence-electron chi connectivity index (χ0n) is 9.13. The molecule has 2 rings (SSSR count). The van der Waals surface area contributed by atoms with E-state index in [1.54, 1.807) is 11.6 Å². The molecule has 0 saturated heterocycles. The third kappa shape index (κ3) is 1.98. The maximum Gasteiger partial charge on any atom is 0.472 e. The lowest BCUT2D eigenvalue weighted by Gasteiger charge is -1.92. The van der Waals surface area contributed by atoms with Gasteiger partial charge in [0.2, 0.25) is 6.54 Å². The molecular weight excluding hydrogens is 206 g/mol. The summed E-state index contributed by atoms with van der Waals surface area (Å²) in [7, 11) is 0. The molecule has 0 spiro atoms. The van der Waals surface area contributed by atoms with Crippen LogP contribution in [0.3, 0.4) is 0 Å². The van der Waals surface area contributed by atoms with E-state index in [1.807, 2.05) is 30.3 Å². The second-order valence-electron chi connectivity index (χ2n) is 3.65. The molecule has 1 heterocycles. The van der Waals surface area contributed by atoms with Gasteiger partial charge in [0.1, 0.15) is 4.68 Å². The summed E-state index contributed by atoms with van der Waals surface area (Å²) in [5.74, 6) is 0.232. The molecule has 0 bridgehead atoms. The fourth-order valence-corrected chi connectivity index (χ4v) is 1.59. The van der Waals surface area contributed by atoms with Crippen LogP contribution < -0.4 is 15.4 Å². The topological polar surface area (TPSA) is 67.1 Å². The first kappa shape index (κ1) is 10.5. The Balaban J connectivity index is 2.11. The van der Waals surface area contributed by atoms with Gasteiger partial charge in [-0.1, -0.05) is 30.3 Å². The third-order valence-corrected chi connectivity index (χ3v) is 2.59. The maximum atomic E-state index is 9.42. The van der Waals surface area contributed by atoms with Crippen molar-refractivity contribution < 1.29 is 19.4 Å². The number of benzene rings is 1. The molecule has 0 aliphatic heterocycles. The minimum Gasteiger partial charge on any atom is -0.358 e. The number of nitrogens with two attached hydrogens (primary N) is 1. The SMILES string of the molecule is Cc1c(N)o[n+](O)[n+]1CCc1ccccc1. The first-order chi connectivity index (χ1) is 7.68. The highest BCUT2D eigenvalue weighted by Crippen LogP contribution is 2.02. The van der Waals surface area contributed by atoms with Gasteiger partial charge in [0, 0.05) is 13.3 Å². The molecule has 0 amide bonds. The number of hydrogen-bond donors (Lipinski definition) is 2. The zero-order valence-corrected chi connectivity index (χ0v) is 9.13. The average molecular weight is 221 g/mol. The van der Waals surface area contributed by atoms with E-state index in [2.05, 4.69) is 0 Å². The molecule has 1 aromatic heterocycles. The smallest absolute Gasteiger partial charge is 0.358 e. The van der Waals surface area contributed by atoms with Crippen molar-refractivity contribution in [2.45, 2.75) is 19.9 Å². The van der Waals surface area contributed by atoms with Crippen LogP contribution in [-0.2, 0) is 13.0 Å². The van der Waals surface area contributed by atoms with E-state index in [9.17, 15) is 5.21 Å². The van der Waals surface area contributed by atoms with Crippen LogP contribution in [0.5, 0.6) is 0 Å². The summed E-state index contributed by atoms with van der Waals surface area (Å²) < 4.78 is 6.43. The molecule has 1 aromatic carbocycles. The van der Waals surface area contributed by atoms with E-state index in [-0.39, 0.29) is 5.88 Å². The molecule has 2 aromatic rings. The highest BCUT2D eigenvalue weighted by atomic mass is 16.8. The number of anilines is 1. The summed E-state index contributed by atoms with van der Waals surface area (Å²) in [5, 5.41) is 10.1. The van der Waals surface area contributed by atoms with Gasteiger partial charge in [-0.05, 0) is 5.56 Å². The highest BCUT2D eigenvalue weighted by Gasteiger charge is 2.31. The molecule has 5 heteroatoms. The van der Waals surface area contributed by atoms with Crippen molar-refractivity contribution >= 4 is 5.88 Å². The van der Waals surface area contributed by atoms with Crippen LogP contribution >= 0.6 is 0 Å². The molecule has 0 aliphatic rings. The Labute approximate surface area is 93.2 Å². The molecule has 5 nitrogen and oxygen atoms in total. The highest BCUT2D eigenvalue weighted by molar-refractivity contribution is 5.22. The number of hydrogen-bond acceptors (Lipinski definition) is 3. The predicted octanol–water partition coefficient (Wildman–Crippen LogP) is 0.225. The fourth-order valence-electron chi connectivity index (χ4n) is 1.59. The normalized spacial score (nSPS) is 10.6. The Hall–Kier alpha value is -2.04. The van der Waals surface area contributed by atoms with Gasteiger partial charge in [-0.3, -0.25) is 0 Å². The van der Waals surface area contributed by atoms with Crippen LogP contribution in [0.1, 0.15) is 11.3 Å². The Bertz CT molecular complexity index is 479. The first-order valence-electron chi connectivity index (χ1n) is 5.13. The second-order valence-corrected chi connectivity index (χ2v) is 3.65. The average Bonchev–Trinajstić information content (AvgIpc) is 2.53. The van der Waals surface area contributed by atoms with Crippen molar-refractivity contribution in [3.8, 4) is 0 Å². The van der Waals surface area contributed by atoms with Crippen molar-refractivity contribution in [2.75, 3.05) is 5.73 Å². The van der Waals surface area contributed by atoms with Crippen LogP contribution in [0.4, 0.5) is 5.88 Å². The van der Waals surface area contributed by atoms with Gasteiger partial charge in [0.15, 0.2) is 0 Å². The molecule has 16 heavy (non-hydrogen) atoms. The van der Waals surface area contributed by atoms with E-state index in [1.165, 1.54) is 5.56 Å². The van der Waals surface area contributed by atoms with E-state index in [0.29, 0.717) is 11.6 Å². The van der Waals surface area contributed by atoms with Gasteiger partial charge in [0.05, 0.1) is 0 Å². The van der Waals surface area contributed by atoms with Crippen LogP contribution in [-0.4, -0.2) is 5.21 Å². The largest absolute Gasteiger partial charge is 0.472 e. The van der Waals surface area contributed by atoms with E-state index >= 15 is 0 Å². The lowest BCUT2D eigenvalue weighted by molar-refractivity contribution is -1.40. The quantitative estimate of drug-likeness (QED) is 0.575.